The number of alkyl halides is 3. The Morgan fingerprint density at radius 3 is 2.29 bits per heavy atom. The molecule has 0 aliphatic heterocycles. The van der Waals surface area contributed by atoms with Gasteiger partial charge in [0.05, 0.1) is 6.04 Å². The van der Waals surface area contributed by atoms with Gasteiger partial charge >= 0.3 is 12.1 Å². The number of aliphatic hydroxyl groups excluding tert-OH is 1. The lowest BCUT2D eigenvalue weighted by atomic mass is 10.0. The number of benzene rings is 1. The van der Waals surface area contributed by atoms with Crippen LogP contribution in [0.4, 0.5) is 4.79 Å². The second kappa shape index (κ2) is 7.70. The SMILES string of the molecule is O=C(N[C@@H](c1ccccc1)[C@@H](O)C(=O)O)OCC(Cl)(Cl)Cl. The summed E-state index contributed by atoms with van der Waals surface area (Å²) in [5.74, 6) is -1.49. The van der Waals surface area contributed by atoms with Crippen LogP contribution >= 0.6 is 34.8 Å². The van der Waals surface area contributed by atoms with Crippen molar-refractivity contribution in [3.8, 4) is 0 Å². The molecule has 0 bridgehead atoms. The van der Waals surface area contributed by atoms with Crippen molar-refractivity contribution in [1.82, 2.24) is 5.32 Å². The number of halogens is 3. The number of nitrogens with one attached hydrogen (secondary N) is 1. The third-order valence-corrected chi connectivity index (χ3v) is 2.70. The van der Waals surface area contributed by atoms with Gasteiger partial charge in [0.15, 0.2) is 6.10 Å². The Bertz CT molecular complexity index is 491. The Hall–Kier alpha value is -1.21. The minimum absolute atomic E-state index is 0.387. The van der Waals surface area contributed by atoms with E-state index in [1.807, 2.05) is 0 Å². The second-order valence-corrected chi connectivity index (χ2v) is 6.52. The van der Waals surface area contributed by atoms with Crippen LogP contribution in [0.1, 0.15) is 11.6 Å². The first-order valence-corrected chi connectivity index (χ1v) is 6.80. The number of aliphatic carboxylic acids is 1. The molecule has 0 aromatic heterocycles. The van der Waals surface area contributed by atoms with Crippen LogP contribution in [0.5, 0.6) is 0 Å². The Kier molecular flexibility index (Phi) is 6.54. The zero-order valence-electron chi connectivity index (χ0n) is 10.5. The first-order chi connectivity index (χ1) is 9.70. The maximum absolute atomic E-state index is 11.6. The van der Waals surface area contributed by atoms with Crippen LogP contribution < -0.4 is 5.32 Å². The molecule has 0 aliphatic rings. The molecule has 2 atom stereocenters. The van der Waals surface area contributed by atoms with Crippen molar-refractivity contribution < 1.29 is 24.5 Å². The number of carboxylic acids is 1. The molecule has 1 amide bonds. The van der Waals surface area contributed by atoms with Crippen molar-refractivity contribution in [2.75, 3.05) is 6.61 Å². The third kappa shape index (κ3) is 6.39. The predicted octanol–water partition coefficient (Wildman–Crippen LogP) is 2.27. The van der Waals surface area contributed by atoms with E-state index in [9.17, 15) is 14.7 Å². The highest BCUT2D eigenvalue weighted by atomic mass is 35.6. The van der Waals surface area contributed by atoms with Gasteiger partial charge in [-0.1, -0.05) is 65.1 Å². The second-order valence-electron chi connectivity index (χ2n) is 4.01. The van der Waals surface area contributed by atoms with Gasteiger partial charge in [0.25, 0.3) is 0 Å². The molecule has 21 heavy (non-hydrogen) atoms. The number of carboxylic acid groups (broad SMARTS) is 1. The van der Waals surface area contributed by atoms with Crippen molar-refractivity contribution in [1.29, 1.82) is 0 Å². The fourth-order valence-electron chi connectivity index (χ4n) is 1.46. The lowest BCUT2D eigenvalue weighted by Gasteiger charge is -2.22. The number of hydrogen-bond donors (Lipinski definition) is 3. The molecule has 0 aliphatic carbocycles. The molecule has 0 saturated carbocycles. The van der Waals surface area contributed by atoms with E-state index in [0.29, 0.717) is 5.56 Å². The third-order valence-electron chi connectivity index (χ3n) is 2.37. The number of alkyl carbamates (subject to hydrolysis) is 1. The normalized spacial score (nSPS) is 14.1. The maximum atomic E-state index is 11.6. The standard InChI is InChI=1S/C12H12Cl3NO5/c13-12(14,15)6-21-11(20)16-8(9(17)10(18)19)7-4-2-1-3-5-7/h1-5,8-9,17H,6H2,(H,16,20)(H,18,19)/t8-,9+/m0/s1. The summed E-state index contributed by atoms with van der Waals surface area (Å²) in [4.78, 5) is 22.5. The number of carbonyl (C=O) groups excluding carboxylic acids is 1. The van der Waals surface area contributed by atoms with E-state index in [-0.39, 0.29) is 0 Å². The molecule has 1 aromatic carbocycles. The fourth-order valence-corrected chi connectivity index (χ4v) is 1.63. The van der Waals surface area contributed by atoms with Gasteiger partial charge in [-0.2, -0.15) is 0 Å². The maximum Gasteiger partial charge on any atom is 0.407 e. The molecular weight excluding hydrogens is 344 g/mol. The zero-order valence-corrected chi connectivity index (χ0v) is 12.8. The topological polar surface area (TPSA) is 95.9 Å². The van der Waals surface area contributed by atoms with E-state index in [2.05, 4.69) is 10.1 Å². The summed E-state index contributed by atoms with van der Waals surface area (Å²) < 4.78 is 2.85. The van der Waals surface area contributed by atoms with Crippen LogP contribution in [0.25, 0.3) is 0 Å². The molecule has 0 unspecified atom stereocenters. The lowest BCUT2D eigenvalue weighted by Crippen LogP contribution is -2.41. The van der Waals surface area contributed by atoms with Crippen molar-refractivity contribution in [2.24, 2.45) is 0 Å². The Labute approximate surface area is 135 Å². The number of carbonyl (C=O) groups is 2. The highest BCUT2D eigenvalue weighted by Gasteiger charge is 2.30. The van der Waals surface area contributed by atoms with Gasteiger partial charge in [0.1, 0.15) is 6.61 Å². The van der Waals surface area contributed by atoms with Crippen molar-refractivity contribution >= 4 is 46.9 Å². The highest BCUT2D eigenvalue weighted by molar-refractivity contribution is 6.67. The fraction of sp³-hybridized carbons (Fsp3) is 0.333. The van der Waals surface area contributed by atoms with Gasteiger partial charge < -0.3 is 20.3 Å². The highest BCUT2D eigenvalue weighted by Crippen LogP contribution is 2.26. The molecule has 6 nitrogen and oxygen atoms in total. The van der Waals surface area contributed by atoms with Crippen LogP contribution in [0, 0.1) is 0 Å². The molecule has 1 aromatic rings. The van der Waals surface area contributed by atoms with Crippen LogP contribution in [0.15, 0.2) is 30.3 Å². The van der Waals surface area contributed by atoms with Crippen molar-refractivity contribution in [3.63, 3.8) is 0 Å². The van der Waals surface area contributed by atoms with Gasteiger partial charge in [0.2, 0.25) is 3.79 Å². The van der Waals surface area contributed by atoms with Gasteiger partial charge in [0, 0.05) is 0 Å². The molecule has 0 heterocycles. The first kappa shape index (κ1) is 17.8. The van der Waals surface area contributed by atoms with E-state index >= 15 is 0 Å². The molecule has 0 fully saturated rings. The summed E-state index contributed by atoms with van der Waals surface area (Å²) in [6.07, 6.45) is -2.87. The monoisotopic (exact) mass is 355 g/mol. The predicted molar refractivity (Wildman–Crippen MR) is 77.6 cm³/mol. The molecule has 116 valence electrons. The Morgan fingerprint density at radius 2 is 1.81 bits per heavy atom. The molecular formula is C12H12Cl3NO5. The number of aliphatic hydroxyl groups is 1. The molecule has 0 spiro atoms. The average molecular weight is 357 g/mol. The number of ether oxygens (including phenoxy) is 1. The van der Waals surface area contributed by atoms with Gasteiger partial charge in [-0.3, -0.25) is 0 Å². The lowest BCUT2D eigenvalue weighted by molar-refractivity contribution is -0.148. The minimum atomic E-state index is -1.85. The molecule has 3 N–H and O–H groups in total. The summed E-state index contributed by atoms with van der Waals surface area (Å²) >= 11 is 16.3. The zero-order chi connectivity index (χ0) is 16.0. The summed E-state index contributed by atoms with van der Waals surface area (Å²) in [7, 11) is 0. The van der Waals surface area contributed by atoms with Gasteiger partial charge in [-0.25, -0.2) is 9.59 Å². The summed E-state index contributed by atoms with van der Waals surface area (Å²) in [5.41, 5.74) is 0.387. The molecule has 1 rings (SSSR count). The summed E-state index contributed by atoms with van der Waals surface area (Å²) in [6, 6.07) is 6.86. The number of rotatable bonds is 5. The number of hydrogen-bond acceptors (Lipinski definition) is 4. The first-order valence-electron chi connectivity index (χ1n) is 5.66. The summed E-state index contributed by atoms with van der Waals surface area (Å²) in [6.45, 7) is -0.520. The van der Waals surface area contributed by atoms with E-state index in [0.717, 1.165) is 0 Å². The average Bonchev–Trinajstić information content (AvgIpc) is 2.42. The van der Waals surface area contributed by atoms with Crippen molar-refractivity contribution in [3.05, 3.63) is 35.9 Å². The van der Waals surface area contributed by atoms with Crippen LogP contribution in [0.3, 0.4) is 0 Å². The smallest absolute Gasteiger partial charge is 0.407 e. The van der Waals surface area contributed by atoms with E-state index in [1.165, 1.54) is 0 Å². The Balaban J connectivity index is 2.79. The van der Waals surface area contributed by atoms with E-state index in [1.54, 1.807) is 30.3 Å². The Morgan fingerprint density at radius 1 is 1.24 bits per heavy atom. The quantitative estimate of drug-likeness (QED) is 0.703. The van der Waals surface area contributed by atoms with Crippen LogP contribution in [-0.4, -0.2) is 38.8 Å². The van der Waals surface area contributed by atoms with Crippen molar-refractivity contribution in [2.45, 2.75) is 15.9 Å². The van der Waals surface area contributed by atoms with E-state index < -0.39 is 34.6 Å². The van der Waals surface area contributed by atoms with Crippen LogP contribution in [0.2, 0.25) is 0 Å². The minimum Gasteiger partial charge on any atom is -0.479 e. The molecule has 9 heteroatoms. The van der Waals surface area contributed by atoms with Gasteiger partial charge in [-0.15, -0.1) is 0 Å². The largest absolute Gasteiger partial charge is 0.479 e. The molecule has 0 radical (unpaired) electrons. The summed E-state index contributed by atoms with van der Waals surface area (Å²) in [5, 5.41) is 20.8. The number of amides is 1. The molecule has 0 saturated heterocycles. The van der Waals surface area contributed by atoms with Gasteiger partial charge in [-0.05, 0) is 5.56 Å². The van der Waals surface area contributed by atoms with E-state index in [4.69, 9.17) is 39.9 Å². The van der Waals surface area contributed by atoms with Crippen LogP contribution in [-0.2, 0) is 9.53 Å².